The predicted octanol–water partition coefficient (Wildman–Crippen LogP) is 1.25. The van der Waals surface area contributed by atoms with Gasteiger partial charge in [0.25, 0.3) is 5.91 Å². The van der Waals surface area contributed by atoms with Crippen molar-refractivity contribution in [1.29, 1.82) is 0 Å². The van der Waals surface area contributed by atoms with Crippen molar-refractivity contribution in [3.05, 3.63) is 29.0 Å². The van der Waals surface area contributed by atoms with E-state index in [1.54, 1.807) is 7.11 Å². The minimum Gasteiger partial charge on any atom is -0.484 e. The second kappa shape index (κ2) is 9.87. The maximum atomic E-state index is 13.5. The van der Waals surface area contributed by atoms with Crippen LogP contribution < -0.4 is 20.7 Å². The number of piperidine rings is 1. The van der Waals surface area contributed by atoms with E-state index in [0.29, 0.717) is 18.1 Å². The van der Waals surface area contributed by atoms with Crippen molar-refractivity contribution in [3.63, 3.8) is 0 Å². The minimum atomic E-state index is -0.624. The largest absolute Gasteiger partial charge is 0.484 e. The molecule has 0 aromatic heterocycles. The molecule has 5 aliphatic rings. The third-order valence-electron chi connectivity index (χ3n) is 8.06. The number of carbonyl (C=O) groups is 1. The lowest BCUT2D eigenvalue weighted by Crippen LogP contribution is -2.64. The van der Waals surface area contributed by atoms with Gasteiger partial charge >= 0.3 is 0 Å². The molecule has 34 heavy (non-hydrogen) atoms. The Balaban J connectivity index is 1.06. The zero-order chi connectivity index (χ0) is 23.9. The molecule has 0 radical (unpaired) electrons. The molecule has 4 unspecified atom stereocenters. The molecule has 188 valence electrons. The first-order valence-corrected chi connectivity index (χ1v) is 12.6. The quantitative estimate of drug-likeness (QED) is 0.382. The van der Waals surface area contributed by atoms with Gasteiger partial charge < -0.3 is 25.2 Å². The van der Waals surface area contributed by atoms with Gasteiger partial charge in [-0.1, -0.05) is 11.6 Å². The Bertz CT molecular complexity index is 896. The fourth-order valence-electron chi connectivity index (χ4n) is 6.13. The van der Waals surface area contributed by atoms with Gasteiger partial charge in [-0.25, -0.2) is 4.39 Å². The molecule has 4 N–H and O–H groups in total. The van der Waals surface area contributed by atoms with E-state index in [-0.39, 0.29) is 40.9 Å². The molecule has 3 saturated carbocycles. The molecule has 4 atom stereocenters. The fourth-order valence-corrected chi connectivity index (χ4v) is 6.24. The summed E-state index contributed by atoms with van der Waals surface area (Å²) in [5.74, 6) is -0.145. The zero-order valence-corrected chi connectivity index (χ0v) is 20.2. The molecule has 1 amide bonds. The number of hydrogen-bond acceptors (Lipinski definition) is 7. The average Bonchev–Trinajstić information content (AvgIpc) is 3.27. The van der Waals surface area contributed by atoms with Gasteiger partial charge in [-0.05, 0) is 56.7 Å². The Labute approximate surface area is 204 Å². The summed E-state index contributed by atoms with van der Waals surface area (Å²) in [7, 11) is 1.76. The van der Waals surface area contributed by atoms with Crippen LogP contribution in [-0.4, -0.2) is 85.3 Å². The monoisotopic (exact) mass is 496 g/mol. The second-order valence-electron chi connectivity index (χ2n) is 10.3. The molecule has 5 fully saturated rings. The van der Waals surface area contributed by atoms with E-state index in [9.17, 15) is 14.3 Å². The summed E-state index contributed by atoms with van der Waals surface area (Å²) in [6.07, 6.45) is 4.38. The summed E-state index contributed by atoms with van der Waals surface area (Å²) in [6.45, 7) is 2.66. The number of benzene rings is 1. The lowest BCUT2D eigenvalue weighted by atomic mass is 9.76. The highest BCUT2D eigenvalue weighted by atomic mass is 35.5. The Morgan fingerprint density at radius 3 is 2.91 bits per heavy atom. The van der Waals surface area contributed by atoms with Gasteiger partial charge in [0.15, 0.2) is 6.61 Å². The summed E-state index contributed by atoms with van der Waals surface area (Å²) < 4.78 is 24.3. The van der Waals surface area contributed by atoms with Gasteiger partial charge in [0.05, 0.1) is 11.1 Å². The van der Waals surface area contributed by atoms with E-state index in [4.69, 9.17) is 21.1 Å². The number of hydrogen-bond donors (Lipinski definition) is 4. The highest BCUT2D eigenvalue weighted by molar-refractivity contribution is 6.30. The van der Waals surface area contributed by atoms with Crippen molar-refractivity contribution in [2.45, 2.75) is 68.1 Å². The standard InChI is InChI=1S/C24H34ClFN4O4/c1-33-17-11-30(12-17)15-4-5-27-20(6-15)23(32)29-24-8-14(9-24)21(10-24)28-22(31)13-34-16-2-3-18(25)19(26)7-16/h2-3,7,14-15,17,20-21,23,27,29,32H,4-6,8-13H2,1H3,(H,28,31). The van der Waals surface area contributed by atoms with Crippen LogP contribution in [0, 0.1) is 11.7 Å². The van der Waals surface area contributed by atoms with Gasteiger partial charge in [-0.3, -0.25) is 15.0 Å². The molecule has 10 heteroatoms. The SMILES string of the molecule is COC1CN(C2CCNC(C(O)NC34CC(C3)C(NC(=O)COc3ccc(Cl)c(F)c3)C4)C2)C1. The number of halogens is 2. The summed E-state index contributed by atoms with van der Waals surface area (Å²) in [4.78, 5) is 14.8. The molecular formula is C24H34ClFN4O4. The lowest BCUT2D eigenvalue weighted by Gasteiger charge is -2.48. The van der Waals surface area contributed by atoms with Crippen LogP contribution in [0.1, 0.15) is 32.1 Å². The Morgan fingerprint density at radius 1 is 1.38 bits per heavy atom. The fraction of sp³-hybridized carbons (Fsp3) is 0.708. The molecule has 1 aromatic rings. The molecule has 2 bridgehead atoms. The maximum Gasteiger partial charge on any atom is 0.258 e. The van der Waals surface area contributed by atoms with E-state index in [1.165, 1.54) is 18.2 Å². The van der Waals surface area contributed by atoms with Gasteiger partial charge in [0, 0.05) is 49.9 Å². The van der Waals surface area contributed by atoms with Crippen molar-refractivity contribution in [1.82, 2.24) is 20.9 Å². The lowest BCUT2D eigenvalue weighted by molar-refractivity contribution is -0.124. The number of aliphatic hydroxyl groups is 1. The summed E-state index contributed by atoms with van der Waals surface area (Å²) >= 11 is 5.67. The van der Waals surface area contributed by atoms with Gasteiger partial charge in [0.1, 0.15) is 17.8 Å². The number of fused-ring (bicyclic) bond motifs is 1. The first-order valence-electron chi connectivity index (χ1n) is 12.2. The van der Waals surface area contributed by atoms with Crippen LogP contribution in [0.25, 0.3) is 0 Å². The highest BCUT2D eigenvalue weighted by Gasteiger charge is 2.57. The zero-order valence-electron chi connectivity index (χ0n) is 19.4. The van der Waals surface area contributed by atoms with Crippen molar-refractivity contribution < 1.29 is 23.8 Å². The van der Waals surface area contributed by atoms with Crippen LogP contribution in [0.2, 0.25) is 5.02 Å². The molecule has 0 spiro atoms. The number of ether oxygens (including phenoxy) is 2. The summed E-state index contributed by atoms with van der Waals surface area (Å²) in [5, 5.41) is 21.0. The Hall–Kier alpha value is -1.49. The van der Waals surface area contributed by atoms with Crippen molar-refractivity contribution >= 4 is 17.5 Å². The number of carbonyl (C=O) groups excluding carboxylic acids is 1. The third-order valence-corrected chi connectivity index (χ3v) is 8.37. The summed E-state index contributed by atoms with van der Waals surface area (Å²) in [6, 6.07) is 4.65. The van der Waals surface area contributed by atoms with Crippen molar-refractivity contribution in [2.24, 2.45) is 5.92 Å². The molecule has 8 nitrogen and oxygen atoms in total. The number of amides is 1. The van der Waals surface area contributed by atoms with Crippen molar-refractivity contribution in [2.75, 3.05) is 33.4 Å². The molecule has 6 rings (SSSR count). The average molecular weight is 497 g/mol. The first-order chi connectivity index (χ1) is 16.3. The van der Waals surface area contributed by atoms with Crippen LogP contribution in [0.15, 0.2) is 18.2 Å². The molecule has 2 heterocycles. The van der Waals surface area contributed by atoms with E-state index in [0.717, 1.165) is 51.7 Å². The Kier molecular flexibility index (Phi) is 7.03. The highest BCUT2D eigenvalue weighted by Crippen LogP contribution is 2.52. The van der Waals surface area contributed by atoms with E-state index in [2.05, 4.69) is 20.9 Å². The minimum absolute atomic E-state index is 0.00980. The van der Waals surface area contributed by atoms with Gasteiger partial charge in [-0.2, -0.15) is 0 Å². The number of nitrogens with zero attached hydrogens (tertiary/aromatic N) is 1. The molecule has 2 saturated heterocycles. The van der Waals surface area contributed by atoms with Crippen LogP contribution >= 0.6 is 11.6 Å². The van der Waals surface area contributed by atoms with Crippen molar-refractivity contribution in [3.8, 4) is 5.75 Å². The maximum absolute atomic E-state index is 13.5. The number of nitrogens with one attached hydrogen (secondary N) is 3. The topological polar surface area (TPSA) is 95.1 Å². The Morgan fingerprint density at radius 2 is 2.18 bits per heavy atom. The van der Waals surface area contributed by atoms with Crippen LogP contribution in [0.4, 0.5) is 4.39 Å². The normalized spacial score (nSPS) is 34.2. The second-order valence-corrected chi connectivity index (χ2v) is 10.7. The molecule has 3 aliphatic carbocycles. The summed E-state index contributed by atoms with van der Waals surface area (Å²) in [5.41, 5.74) is -0.130. The van der Waals surface area contributed by atoms with Crippen LogP contribution in [0.5, 0.6) is 5.75 Å². The number of likely N-dealkylation sites (tertiary alicyclic amines) is 1. The third kappa shape index (κ3) is 5.05. The van der Waals surface area contributed by atoms with Crippen LogP contribution in [-0.2, 0) is 9.53 Å². The molecule has 1 aromatic carbocycles. The molecule has 2 aliphatic heterocycles. The van der Waals surface area contributed by atoms with Crippen LogP contribution in [0.3, 0.4) is 0 Å². The number of aliphatic hydroxyl groups excluding tert-OH is 1. The predicted molar refractivity (Wildman–Crippen MR) is 125 cm³/mol. The first kappa shape index (κ1) is 24.2. The smallest absolute Gasteiger partial charge is 0.258 e. The van der Waals surface area contributed by atoms with E-state index >= 15 is 0 Å². The van der Waals surface area contributed by atoms with E-state index < -0.39 is 12.0 Å². The van der Waals surface area contributed by atoms with Gasteiger partial charge in [-0.15, -0.1) is 0 Å². The van der Waals surface area contributed by atoms with E-state index in [1.807, 2.05) is 0 Å². The number of rotatable bonds is 9. The number of methoxy groups -OCH3 is 1. The molecular weight excluding hydrogens is 463 g/mol. The van der Waals surface area contributed by atoms with Gasteiger partial charge in [0.2, 0.25) is 0 Å².